The number of carbonyl (C=O) groups excluding carboxylic acids is 3. The van der Waals surface area contributed by atoms with Gasteiger partial charge in [-0.25, -0.2) is 13.8 Å². The molecule has 208 valence electrons. The molecular formula is C21H20FN10O6S2+. The van der Waals surface area contributed by atoms with Crippen molar-refractivity contribution in [3.8, 4) is 0 Å². The zero-order valence-corrected chi connectivity index (χ0v) is 21.9. The number of nitrogens with zero attached hydrogens (tertiary/aromatic N) is 7. The van der Waals surface area contributed by atoms with Gasteiger partial charge in [0.05, 0.1) is 0 Å². The number of carboxylic acid groups (broad SMARTS) is 1. The maximum absolute atomic E-state index is 13.1. The van der Waals surface area contributed by atoms with Crippen molar-refractivity contribution in [2.75, 3.05) is 24.8 Å². The number of oxime groups is 1. The number of carbonyl (C=O) groups is 4. The number of β-lactam (4-membered cyclic amide) rings is 1. The van der Waals surface area contributed by atoms with Crippen LogP contribution < -0.4 is 21.4 Å². The SMILES string of the molecule is NC(=O)c1ccc2n(cc[n+]2CC2=C(C(=O)O)N3C(=O)[C@@H](NC(=O)/C(=N\OCCF)c4nsc(N)n4)[C@H]3SC2)n1. The van der Waals surface area contributed by atoms with Crippen LogP contribution in [0.5, 0.6) is 0 Å². The first-order chi connectivity index (χ1) is 19.2. The van der Waals surface area contributed by atoms with Crippen molar-refractivity contribution < 1.29 is 38.1 Å². The monoisotopic (exact) mass is 591 g/mol. The number of thioether (sulfide) groups is 1. The molecule has 0 spiro atoms. The summed E-state index contributed by atoms with van der Waals surface area (Å²) in [6.07, 6.45) is 3.24. The molecule has 3 amide bonds. The number of carboxylic acids is 1. The van der Waals surface area contributed by atoms with E-state index in [9.17, 15) is 28.7 Å². The van der Waals surface area contributed by atoms with Gasteiger partial charge in [0, 0.05) is 28.9 Å². The lowest BCUT2D eigenvalue weighted by Gasteiger charge is -2.49. The highest BCUT2D eigenvalue weighted by atomic mass is 32.2. The van der Waals surface area contributed by atoms with Gasteiger partial charge in [0.1, 0.15) is 43.1 Å². The van der Waals surface area contributed by atoms with Crippen molar-refractivity contribution >= 4 is 63.5 Å². The Morgan fingerprint density at radius 2 is 2.15 bits per heavy atom. The minimum atomic E-state index is -1.30. The summed E-state index contributed by atoms with van der Waals surface area (Å²) in [7, 11) is 0. The standard InChI is InChI=1S/C21H19FN10O6S2/c22-3-6-38-28-12(16-26-21(24)40-29-16)17(34)25-13-18(35)32-14(20(36)37)9(8-39-19(13)32)7-30-4-5-31-11(30)2-1-10(27-31)15(23)33/h1-2,4-5,13,19H,3,6-8H2,(H5-,23,24,25,26,29,33,34,36,37)/p+1/b28-12-/t13-,19-/m1/s1. The lowest BCUT2D eigenvalue weighted by Crippen LogP contribution is -2.71. The molecule has 3 aromatic rings. The van der Waals surface area contributed by atoms with Crippen LogP contribution in [0.15, 0.2) is 41.0 Å². The number of primary amides is 1. The Balaban J connectivity index is 1.36. The van der Waals surface area contributed by atoms with E-state index in [-0.39, 0.29) is 34.6 Å². The van der Waals surface area contributed by atoms with Gasteiger partial charge in [-0.15, -0.1) is 16.3 Å². The van der Waals surface area contributed by atoms with E-state index in [1.165, 1.54) is 22.3 Å². The van der Waals surface area contributed by atoms with E-state index < -0.39 is 54.1 Å². The Morgan fingerprint density at radius 1 is 1.35 bits per heavy atom. The molecule has 3 aromatic heterocycles. The van der Waals surface area contributed by atoms with Crippen LogP contribution in [0.2, 0.25) is 0 Å². The smallest absolute Gasteiger partial charge is 0.352 e. The lowest BCUT2D eigenvalue weighted by molar-refractivity contribution is -0.662. The van der Waals surface area contributed by atoms with Crippen molar-refractivity contribution in [3.05, 3.63) is 47.3 Å². The fraction of sp³-hybridized carbons (Fsp3) is 0.286. The van der Waals surface area contributed by atoms with Crippen LogP contribution in [0.25, 0.3) is 5.65 Å². The first-order valence-electron chi connectivity index (χ1n) is 11.4. The van der Waals surface area contributed by atoms with Crippen LogP contribution in [0.4, 0.5) is 9.52 Å². The van der Waals surface area contributed by atoms with Crippen molar-refractivity contribution in [2.24, 2.45) is 10.9 Å². The summed E-state index contributed by atoms with van der Waals surface area (Å²) in [4.78, 5) is 59.5. The third-order valence-corrected chi connectivity index (χ3v) is 7.75. The number of hydrogen-bond acceptors (Lipinski definition) is 12. The van der Waals surface area contributed by atoms with Crippen LogP contribution in [-0.2, 0) is 25.8 Å². The van der Waals surface area contributed by atoms with Crippen LogP contribution in [0, 0.1) is 0 Å². The molecule has 0 aromatic carbocycles. The van der Waals surface area contributed by atoms with Gasteiger partial charge in [0.15, 0.2) is 17.0 Å². The predicted molar refractivity (Wildman–Crippen MR) is 136 cm³/mol. The summed E-state index contributed by atoms with van der Waals surface area (Å²) in [5.41, 5.74) is 11.3. The molecule has 0 bridgehead atoms. The summed E-state index contributed by atoms with van der Waals surface area (Å²) in [5, 5.41) is 19.6. The number of nitrogens with one attached hydrogen (secondary N) is 1. The molecule has 0 aliphatic carbocycles. The van der Waals surface area contributed by atoms with Crippen molar-refractivity contribution in [3.63, 3.8) is 0 Å². The van der Waals surface area contributed by atoms with Gasteiger partial charge in [-0.3, -0.25) is 19.3 Å². The highest BCUT2D eigenvalue weighted by Gasteiger charge is 2.54. The number of anilines is 1. The molecule has 5 heterocycles. The van der Waals surface area contributed by atoms with Gasteiger partial charge in [-0.05, 0) is 6.07 Å². The van der Waals surface area contributed by atoms with Crippen molar-refractivity contribution in [1.29, 1.82) is 0 Å². The number of amides is 3. The largest absolute Gasteiger partial charge is 0.477 e. The van der Waals surface area contributed by atoms with Crippen LogP contribution >= 0.6 is 23.3 Å². The van der Waals surface area contributed by atoms with Gasteiger partial charge < -0.3 is 26.7 Å². The van der Waals surface area contributed by atoms with E-state index in [2.05, 4.69) is 24.9 Å². The molecule has 1 saturated heterocycles. The number of fused-ring (bicyclic) bond motifs is 2. The maximum Gasteiger partial charge on any atom is 0.352 e. The predicted octanol–water partition coefficient (Wildman–Crippen LogP) is -1.72. The number of nitrogens with two attached hydrogens (primary N) is 2. The van der Waals surface area contributed by atoms with E-state index >= 15 is 0 Å². The van der Waals surface area contributed by atoms with Crippen LogP contribution in [0.1, 0.15) is 16.3 Å². The maximum atomic E-state index is 13.1. The second-order valence-electron chi connectivity index (χ2n) is 8.35. The second-order valence-corrected chi connectivity index (χ2v) is 10.2. The van der Waals surface area contributed by atoms with E-state index in [0.717, 1.165) is 16.4 Å². The molecule has 6 N–H and O–H groups in total. The average Bonchev–Trinajstić information content (AvgIpc) is 3.54. The van der Waals surface area contributed by atoms with Gasteiger partial charge >= 0.3 is 11.6 Å². The Kier molecular flexibility index (Phi) is 7.30. The molecule has 2 atom stereocenters. The van der Waals surface area contributed by atoms with Crippen LogP contribution in [-0.4, -0.2) is 88.8 Å². The number of alkyl halides is 1. The number of imidazole rings is 1. The normalized spacial score (nSPS) is 18.9. The topological polar surface area (TPSA) is 224 Å². The summed E-state index contributed by atoms with van der Waals surface area (Å²) in [5.74, 6) is -3.44. The van der Waals surface area contributed by atoms with E-state index in [1.54, 1.807) is 23.0 Å². The first kappa shape index (κ1) is 26.9. The second kappa shape index (κ2) is 10.8. The summed E-state index contributed by atoms with van der Waals surface area (Å²) < 4.78 is 19.5. The van der Waals surface area contributed by atoms with Gasteiger partial charge in [0.2, 0.25) is 11.5 Å². The molecule has 19 heteroatoms. The van der Waals surface area contributed by atoms with Gasteiger partial charge in [-0.2, -0.15) is 9.36 Å². The van der Waals surface area contributed by atoms with Gasteiger partial charge in [-0.1, -0.05) is 10.3 Å². The molecule has 16 nitrogen and oxygen atoms in total. The molecule has 1 fully saturated rings. The number of halogens is 1. The molecule has 5 rings (SSSR count). The number of aliphatic carboxylic acids is 1. The third-order valence-electron chi connectivity index (χ3n) is 5.87. The highest BCUT2D eigenvalue weighted by Crippen LogP contribution is 2.40. The zero-order valence-electron chi connectivity index (χ0n) is 20.3. The molecule has 0 radical (unpaired) electrons. The van der Waals surface area contributed by atoms with E-state index in [0.29, 0.717) is 11.2 Å². The molecular weight excluding hydrogens is 571 g/mol. The number of hydrogen-bond donors (Lipinski definition) is 4. The molecule has 40 heavy (non-hydrogen) atoms. The zero-order chi connectivity index (χ0) is 28.6. The van der Waals surface area contributed by atoms with Crippen LogP contribution in [0.3, 0.4) is 0 Å². The Bertz CT molecular complexity index is 1600. The van der Waals surface area contributed by atoms with Crippen molar-refractivity contribution in [1.82, 2.24) is 29.2 Å². The van der Waals surface area contributed by atoms with Gasteiger partial charge in [0.25, 0.3) is 17.7 Å². The van der Waals surface area contributed by atoms with E-state index in [1.807, 2.05) is 0 Å². The number of nitrogen functional groups attached to an aromatic ring is 1. The molecule has 0 unspecified atom stereocenters. The molecule has 2 aliphatic rings. The average molecular weight is 592 g/mol. The third kappa shape index (κ3) is 4.91. The minimum absolute atomic E-state index is 0.0523. The summed E-state index contributed by atoms with van der Waals surface area (Å²) >= 11 is 2.07. The first-order valence-corrected chi connectivity index (χ1v) is 13.3. The Hall–Kier alpha value is -4.65. The number of aromatic nitrogens is 5. The summed E-state index contributed by atoms with van der Waals surface area (Å²) in [6, 6.07) is 2.00. The summed E-state index contributed by atoms with van der Waals surface area (Å²) in [6.45, 7) is -1.15. The fourth-order valence-electron chi connectivity index (χ4n) is 4.13. The lowest BCUT2D eigenvalue weighted by atomic mass is 10.0. The number of rotatable bonds is 10. The quantitative estimate of drug-likeness (QED) is 0.0682. The Morgan fingerprint density at radius 3 is 2.83 bits per heavy atom. The Labute approximate surface area is 231 Å². The highest BCUT2D eigenvalue weighted by molar-refractivity contribution is 8.00. The minimum Gasteiger partial charge on any atom is -0.477 e. The fourth-order valence-corrected chi connectivity index (χ4v) is 5.90. The van der Waals surface area contributed by atoms with Crippen molar-refractivity contribution in [2.45, 2.75) is 18.0 Å². The molecule has 2 aliphatic heterocycles. The van der Waals surface area contributed by atoms with E-state index in [4.69, 9.17) is 16.3 Å². The molecule has 0 saturated carbocycles.